The number of benzene rings is 2. The van der Waals surface area contributed by atoms with E-state index < -0.39 is 5.97 Å². The first-order chi connectivity index (χ1) is 12.1. The van der Waals surface area contributed by atoms with Crippen molar-refractivity contribution in [3.63, 3.8) is 0 Å². The zero-order chi connectivity index (χ0) is 17.6. The summed E-state index contributed by atoms with van der Waals surface area (Å²) in [6.45, 7) is 1.90. The highest BCUT2D eigenvalue weighted by molar-refractivity contribution is 9.10. The lowest BCUT2D eigenvalue weighted by Gasteiger charge is -1.99. The Bertz CT molecular complexity index is 918. The number of carbonyl (C=O) groups is 1. The van der Waals surface area contributed by atoms with E-state index in [-0.39, 0.29) is 12.5 Å². The average Bonchev–Trinajstić information content (AvgIpc) is 3.08. The van der Waals surface area contributed by atoms with E-state index in [2.05, 4.69) is 26.1 Å². The van der Waals surface area contributed by atoms with Crippen LogP contribution in [-0.4, -0.2) is 16.1 Å². The maximum absolute atomic E-state index is 11.8. The quantitative estimate of drug-likeness (QED) is 0.465. The van der Waals surface area contributed by atoms with Gasteiger partial charge in [-0.2, -0.15) is 4.98 Å². The normalized spacial score (nSPS) is 11.0. The third kappa shape index (κ3) is 4.42. The predicted octanol–water partition coefficient (Wildman–Crippen LogP) is 4.56. The van der Waals surface area contributed by atoms with Crippen molar-refractivity contribution in [2.24, 2.45) is 0 Å². The van der Waals surface area contributed by atoms with Gasteiger partial charge in [0.15, 0.2) is 6.61 Å². The molecular weight excluding hydrogens is 384 g/mol. The summed E-state index contributed by atoms with van der Waals surface area (Å²) < 4.78 is 11.2. The summed E-state index contributed by atoms with van der Waals surface area (Å²) in [7, 11) is 0. The molecule has 0 aliphatic rings. The Labute approximate surface area is 153 Å². The number of ether oxygens (including phenoxy) is 1. The molecule has 0 saturated carbocycles. The smallest absolute Gasteiger partial charge is 0.331 e. The minimum atomic E-state index is -0.480. The fourth-order valence-corrected chi connectivity index (χ4v) is 2.61. The Morgan fingerprint density at radius 1 is 1.20 bits per heavy atom. The van der Waals surface area contributed by atoms with E-state index in [9.17, 15) is 4.79 Å². The van der Waals surface area contributed by atoms with E-state index in [1.807, 2.05) is 55.5 Å². The third-order valence-corrected chi connectivity index (χ3v) is 4.22. The highest BCUT2D eigenvalue weighted by atomic mass is 79.9. The van der Waals surface area contributed by atoms with Crippen molar-refractivity contribution in [1.82, 2.24) is 10.1 Å². The Kier molecular flexibility index (Phi) is 5.40. The van der Waals surface area contributed by atoms with Gasteiger partial charge in [-0.15, -0.1) is 0 Å². The molecule has 1 heterocycles. The van der Waals surface area contributed by atoms with E-state index in [4.69, 9.17) is 9.26 Å². The molecular formula is C19H15BrN2O3. The number of nitrogens with zero attached hydrogens (tertiary/aromatic N) is 2. The van der Waals surface area contributed by atoms with Gasteiger partial charge in [-0.1, -0.05) is 63.6 Å². The van der Waals surface area contributed by atoms with Crippen molar-refractivity contribution in [2.75, 3.05) is 0 Å². The Morgan fingerprint density at radius 2 is 1.96 bits per heavy atom. The molecule has 0 amide bonds. The molecule has 2 aromatic carbocycles. The van der Waals surface area contributed by atoms with Crippen LogP contribution in [0.25, 0.3) is 17.5 Å². The molecule has 25 heavy (non-hydrogen) atoms. The summed E-state index contributed by atoms with van der Waals surface area (Å²) in [5.74, 6) is 0.250. The average molecular weight is 399 g/mol. The Morgan fingerprint density at radius 3 is 2.76 bits per heavy atom. The molecule has 0 N–H and O–H groups in total. The van der Waals surface area contributed by atoms with E-state index in [1.165, 1.54) is 6.08 Å². The van der Waals surface area contributed by atoms with Gasteiger partial charge in [-0.3, -0.25) is 0 Å². The van der Waals surface area contributed by atoms with Crippen LogP contribution < -0.4 is 0 Å². The standard InChI is InChI=1S/C19H15BrN2O3/c1-13-6-2-4-8-15(13)19-21-17(25-22-19)12-24-18(23)11-10-14-7-3-5-9-16(14)20/h2-11H,12H2,1H3/b11-10+. The summed E-state index contributed by atoms with van der Waals surface area (Å²) in [6, 6.07) is 15.3. The second-order valence-corrected chi connectivity index (χ2v) is 6.14. The lowest BCUT2D eigenvalue weighted by molar-refractivity contribution is -0.139. The molecule has 126 valence electrons. The molecule has 0 fully saturated rings. The van der Waals surface area contributed by atoms with Crippen LogP contribution in [0.3, 0.4) is 0 Å². The second-order valence-electron chi connectivity index (χ2n) is 5.29. The topological polar surface area (TPSA) is 65.2 Å². The maximum atomic E-state index is 11.8. The molecule has 3 aromatic rings. The molecule has 0 aliphatic carbocycles. The number of rotatable bonds is 5. The van der Waals surface area contributed by atoms with Crippen LogP contribution in [0.1, 0.15) is 17.0 Å². The summed E-state index contributed by atoms with van der Waals surface area (Å²) in [6.07, 6.45) is 3.04. The molecule has 0 unspecified atom stereocenters. The SMILES string of the molecule is Cc1ccccc1-c1noc(COC(=O)/C=C/c2ccccc2Br)n1. The van der Waals surface area contributed by atoms with Crippen LogP contribution in [0.5, 0.6) is 0 Å². The van der Waals surface area contributed by atoms with Crippen LogP contribution in [0.2, 0.25) is 0 Å². The predicted molar refractivity (Wildman–Crippen MR) is 97.4 cm³/mol. The van der Waals surface area contributed by atoms with Crippen LogP contribution in [0.15, 0.2) is 63.6 Å². The van der Waals surface area contributed by atoms with E-state index in [1.54, 1.807) is 6.08 Å². The van der Waals surface area contributed by atoms with Gasteiger partial charge >= 0.3 is 5.97 Å². The van der Waals surface area contributed by atoms with Crippen LogP contribution in [0.4, 0.5) is 0 Å². The number of hydrogen-bond donors (Lipinski definition) is 0. The van der Waals surface area contributed by atoms with Crippen LogP contribution in [-0.2, 0) is 16.1 Å². The van der Waals surface area contributed by atoms with E-state index >= 15 is 0 Å². The van der Waals surface area contributed by atoms with Gasteiger partial charge in [-0.25, -0.2) is 4.79 Å². The van der Waals surface area contributed by atoms with Crippen molar-refractivity contribution in [1.29, 1.82) is 0 Å². The van der Waals surface area contributed by atoms with Crippen LogP contribution >= 0.6 is 15.9 Å². The molecule has 0 saturated heterocycles. The first-order valence-electron chi connectivity index (χ1n) is 7.61. The van der Waals surface area contributed by atoms with Gasteiger partial charge in [0.1, 0.15) is 0 Å². The number of aryl methyl sites for hydroxylation is 1. The van der Waals surface area contributed by atoms with Crippen molar-refractivity contribution < 1.29 is 14.1 Å². The van der Waals surface area contributed by atoms with Gasteiger partial charge in [0.25, 0.3) is 5.89 Å². The summed E-state index contributed by atoms with van der Waals surface area (Å²) >= 11 is 3.42. The Hall–Kier alpha value is -2.73. The molecule has 0 bridgehead atoms. The van der Waals surface area contributed by atoms with Crippen molar-refractivity contribution in [3.05, 3.63) is 76.1 Å². The molecule has 1 aromatic heterocycles. The number of carbonyl (C=O) groups excluding carboxylic acids is 1. The Balaban J connectivity index is 1.60. The molecule has 6 heteroatoms. The summed E-state index contributed by atoms with van der Waals surface area (Å²) in [5, 5.41) is 3.93. The van der Waals surface area contributed by atoms with E-state index in [0.29, 0.717) is 5.82 Å². The molecule has 0 atom stereocenters. The largest absolute Gasteiger partial charge is 0.452 e. The van der Waals surface area contributed by atoms with Gasteiger partial charge in [0, 0.05) is 16.1 Å². The monoisotopic (exact) mass is 398 g/mol. The van der Waals surface area contributed by atoms with Gasteiger partial charge in [0.2, 0.25) is 5.82 Å². The maximum Gasteiger partial charge on any atom is 0.331 e. The summed E-state index contributed by atoms with van der Waals surface area (Å²) in [5.41, 5.74) is 2.82. The number of halogens is 1. The molecule has 3 rings (SSSR count). The first kappa shape index (κ1) is 17.1. The van der Waals surface area contributed by atoms with Crippen molar-refractivity contribution >= 4 is 28.0 Å². The van der Waals surface area contributed by atoms with Crippen molar-refractivity contribution in [3.8, 4) is 11.4 Å². The highest BCUT2D eigenvalue weighted by Crippen LogP contribution is 2.20. The molecule has 0 radical (unpaired) electrons. The van der Waals surface area contributed by atoms with Gasteiger partial charge in [-0.05, 0) is 30.2 Å². The lowest BCUT2D eigenvalue weighted by Crippen LogP contribution is -2.01. The van der Waals surface area contributed by atoms with E-state index in [0.717, 1.165) is 21.2 Å². The van der Waals surface area contributed by atoms with Gasteiger partial charge < -0.3 is 9.26 Å². The zero-order valence-electron chi connectivity index (χ0n) is 13.5. The number of esters is 1. The molecule has 5 nitrogen and oxygen atoms in total. The zero-order valence-corrected chi connectivity index (χ0v) is 15.1. The third-order valence-electron chi connectivity index (χ3n) is 3.50. The first-order valence-corrected chi connectivity index (χ1v) is 8.41. The second kappa shape index (κ2) is 7.90. The number of aromatic nitrogens is 2. The van der Waals surface area contributed by atoms with Crippen LogP contribution in [0, 0.1) is 6.92 Å². The van der Waals surface area contributed by atoms with Gasteiger partial charge in [0.05, 0.1) is 0 Å². The fourth-order valence-electron chi connectivity index (χ4n) is 2.20. The minimum Gasteiger partial charge on any atom is -0.452 e. The molecule has 0 aliphatic heterocycles. The highest BCUT2D eigenvalue weighted by Gasteiger charge is 2.11. The minimum absolute atomic E-state index is 0.0714. The number of hydrogen-bond acceptors (Lipinski definition) is 5. The lowest BCUT2D eigenvalue weighted by atomic mass is 10.1. The summed E-state index contributed by atoms with van der Waals surface area (Å²) in [4.78, 5) is 16.1. The molecule has 0 spiro atoms. The fraction of sp³-hybridized carbons (Fsp3) is 0.105. The van der Waals surface area contributed by atoms with Crippen molar-refractivity contribution in [2.45, 2.75) is 13.5 Å².